The molecule has 2 aromatic rings. The van der Waals surface area contributed by atoms with Gasteiger partial charge in [0.1, 0.15) is 0 Å². The third-order valence-corrected chi connectivity index (χ3v) is 3.73. The van der Waals surface area contributed by atoms with E-state index >= 15 is 0 Å². The number of pyridine rings is 1. The van der Waals surface area contributed by atoms with Crippen LogP contribution >= 0.6 is 0 Å². The van der Waals surface area contributed by atoms with Crippen LogP contribution in [0.25, 0.3) is 17.2 Å². The minimum absolute atomic E-state index is 1.01. The van der Waals surface area contributed by atoms with Gasteiger partial charge in [0.15, 0.2) is 0 Å². The molecule has 106 valence electrons. The van der Waals surface area contributed by atoms with Gasteiger partial charge in [0.25, 0.3) is 0 Å². The topological polar surface area (TPSA) is 16.1 Å². The summed E-state index contributed by atoms with van der Waals surface area (Å²) in [5.74, 6) is 0. The van der Waals surface area contributed by atoms with Crippen LogP contribution in [0.5, 0.6) is 0 Å². The molecule has 0 aliphatic heterocycles. The number of allylic oxidation sites excluding steroid dienone is 2. The molecule has 0 amide bonds. The average Bonchev–Trinajstić information content (AvgIpc) is 2.85. The van der Waals surface area contributed by atoms with Crippen molar-refractivity contribution in [3.63, 3.8) is 0 Å². The highest BCUT2D eigenvalue weighted by Gasteiger charge is 2.17. The molecule has 0 spiro atoms. The Bertz CT molecular complexity index is 682. The fourth-order valence-corrected chi connectivity index (χ4v) is 2.65. The molecule has 0 radical (unpaired) electrons. The van der Waals surface area contributed by atoms with Crippen molar-refractivity contribution < 1.29 is 0 Å². The van der Waals surface area contributed by atoms with E-state index in [1.54, 1.807) is 0 Å². The maximum absolute atomic E-state index is 4.40. The zero-order valence-electron chi connectivity index (χ0n) is 12.6. The Balaban J connectivity index is 1.96. The van der Waals surface area contributed by atoms with E-state index in [9.17, 15) is 0 Å². The third kappa shape index (κ3) is 3.11. The summed E-state index contributed by atoms with van der Waals surface area (Å²) in [7, 11) is 4.23. The van der Waals surface area contributed by atoms with Crippen LogP contribution in [0.4, 0.5) is 0 Å². The van der Waals surface area contributed by atoms with Crippen molar-refractivity contribution in [3.05, 3.63) is 71.6 Å². The van der Waals surface area contributed by atoms with Gasteiger partial charge < -0.3 is 4.90 Å². The maximum atomic E-state index is 4.40. The van der Waals surface area contributed by atoms with Gasteiger partial charge in [-0.3, -0.25) is 4.98 Å². The first-order chi connectivity index (χ1) is 10.2. The van der Waals surface area contributed by atoms with E-state index in [1.807, 2.05) is 24.4 Å². The van der Waals surface area contributed by atoms with Gasteiger partial charge in [-0.1, -0.05) is 36.4 Å². The van der Waals surface area contributed by atoms with Crippen LogP contribution in [0.1, 0.15) is 23.2 Å². The number of fused-ring (bicyclic) bond motifs is 1. The highest BCUT2D eigenvalue weighted by Crippen LogP contribution is 2.37. The second-order valence-corrected chi connectivity index (χ2v) is 5.62. The normalized spacial score (nSPS) is 15.4. The summed E-state index contributed by atoms with van der Waals surface area (Å²) in [6, 6.07) is 14.7. The van der Waals surface area contributed by atoms with Gasteiger partial charge in [-0.2, -0.15) is 0 Å². The van der Waals surface area contributed by atoms with Gasteiger partial charge in [0, 0.05) is 12.7 Å². The van der Waals surface area contributed by atoms with Gasteiger partial charge in [-0.15, -0.1) is 0 Å². The van der Waals surface area contributed by atoms with Gasteiger partial charge in [0.2, 0.25) is 0 Å². The number of aromatic nitrogens is 1. The van der Waals surface area contributed by atoms with Crippen molar-refractivity contribution in [1.82, 2.24) is 9.88 Å². The minimum atomic E-state index is 1.01. The largest absolute Gasteiger partial charge is 0.309 e. The lowest BCUT2D eigenvalue weighted by Crippen LogP contribution is -2.13. The summed E-state index contributed by atoms with van der Waals surface area (Å²) in [6.07, 6.45) is 7.39. The predicted molar refractivity (Wildman–Crippen MR) is 89.7 cm³/mol. The van der Waals surface area contributed by atoms with Crippen LogP contribution in [-0.4, -0.2) is 30.5 Å². The van der Waals surface area contributed by atoms with Crippen molar-refractivity contribution in [3.8, 4) is 0 Å². The second-order valence-electron chi connectivity index (χ2n) is 5.62. The molecule has 0 N–H and O–H groups in total. The van der Waals surface area contributed by atoms with E-state index in [0.717, 1.165) is 18.7 Å². The molecule has 1 aliphatic rings. The SMILES string of the molecule is CN(C)CCC1=C/C(=C/c2ccccn2)c2ccccc21. The van der Waals surface area contributed by atoms with Gasteiger partial charge in [0.05, 0.1) is 5.69 Å². The van der Waals surface area contributed by atoms with E-state index in [1.165, 1.54) is 22.3 Å². The molecule has 0 bridgehead atoms. The monoisotopic (exact) mass is 276 g/mol. The van der Waals surface area contributed by atoms with Crippen molar-refractivity contribution in [2.24, 2.45) is 0 Å². The van der Waals surface area contributed by atoms with Crippen LogP contribution < -0.4 is 0 Å². The zero-order chi connectivity index (χ0) is 14.7. The molecule has 0 saturated heterocycles. The number of benzene rings is 1. The van der Waals surface area contributed by atoms with Gasteiger partial charge in [-0.05, 0) is 61.0 Å². The summed E-state index contributed by atoms with van der Waals surface area (Å²) < 4.78 is 0. The van der Waals surface area contributed by atoms with Crippen molar-refractivity contribution >= 4 is 17.2 Å². The molecule has 0 atom stereocenters. The fraction of sp³-hybridized carbons (Fsp3) is 0.211. The first-order valence-corrected chi connectivity index (χ1v) is 7.32. The number of hydrogen-bond donors (Lipinski definition) is 0. The molecule has 3 rings (SSSR count). The first kappa shape index (κ1) is 13.8. The highest BCUT2D eigenvalue weighted by molar-refractivity contribution is 6.01. The maximum Gasteiger partial charge on any atom is 0.0635 e. The van der Waals surface area contributed by atoms with E-state index in [2.05, 4.69) is 60.4 Å². The Labute approximate surface area is 126 Å². The molecule has 1 heterocycles. The molecule has 0 fully saturated rings. The lowest BCUT2D eigenvalue weighted by molar-refractivity contribution is 0.419. The second kappa shape index (κ2) is 6.06. The van der Waals surface area contributed by atoms with E-state index in [-0.39, 0.29) is 0 Å². The molecular formula is C19H20N2. The van der Waals surface area contributed by atoms with Crippen LogP contribution in [0.2, 0.25) is 0 Å². The van der Waals surface area contributed by atoms with Crippen LogP contribution in [0.15, 0.2) is 54.7 Å². The molecule has 2 heteroatoms. The Hall–Kier alpha value is -2.19. The average molecular weight is 276 g/mol. The minimum Gasteiger partial charge on any atom is -0.309 e. The standard InChI is InChI=1S/C19H20N2/c1-21(2)12-10-15-13-16(14-17-7-5-6-11-20-17)19-9-4-3-8-18(15)19/h3-9,11,13-14H,10,12H2,1-2H3/b16-14-. The molecule has 2 nitrogen and oxygen atoms in total. The van der Waals surface area contributed by atoms with Crippen LogP contribution in [0, 0.1) is 0 Å². The quantitative estimate of drug-likeness (QED) is 0.840. The van der Waals surface area contributed by atoms with Crippen LogP contribution in [-0.2, 0) is 0 Å². The Morgan fingerprint density at radius 3 is 2.48 bits per heavy atom. The smallest absolute Gasteiger partial charge is 0.0635 e. The molecule has 1 aromatic carbocycles. The predicted octanol–water partition coefficient (Wildman–Crippen LogP) is 3.97. The molecule has 0 saturated carbocycles. The van der Waals surface area contributed by atoms with Crippen molar-refractivity contribution in [2.75, 3.05) is 20.6 Å². The number of nitrogens with zero attached hydrogens (tertiary/aromatic N) is 2. The molecular weight excluding hydrogens is 256 g/mol. The summed E-state index contributed by atoms with van der Waals surface area (Å²) in [5, 5.41) is 0. The zero-order valence-corrected chi connectivity index (χ0v) is 12.6. The number of rotatable bonds is 4. The molecule has 1 aliphatic carbocycles. The summed E-state index contributed by atoms with van der Waals surface area (Å²) in [4.78, 5) is 6.63. The highest BCUT2D eigenvalue weighted by atomic mass is 15.0. The fourth-order valence-electron chi connectivity index (χ4n) is 2.65. The Kier molecular flexibility index (Phi) is 3.98. The molecule has 0 unspecified atom stereocenters. The summed E-state index contributed by atoms with van der Waals surface area (Å²) in [6.45, 7) is 1.07. The summed E-state index contributed by atoms with van der Waals surface area (Å²) in [5.41, 5.74) is 6.37. The lowest BCUT2D eigenvalue weighted by atomic mass is 10.0. The van der Waals surface area contributed by atoms with Crippen molar-refractivity contribution in [1.29, 1.82) is 0 Å². The third-order valence-electron chi connectivity index (χ3n) is 3.73. The number of hydrogen-bond acceptors (Lipinski definition) is 2. The molecule has 21 heavy (non-hydrogen) atoms. The van der Waals surface area contributed by atoms with Gasteiger partial charge >= 0.3 is 0 Å². The van der Waals surface area contributed by atoms with Crippen LogP contribution in [0.3, 0.4) is 0 Å². The van der Waals surface area contributed by atoms with E-state index in [0.29, 0.717) is 0 Å². The summed E-state index contributed by atoms with van der Waals surface area (Å²) >= 11 is 0. The Morgan fingerprint density at radius 2 is 1.76 bits per heavy atom. The van der Waals surface area contributed by atoms with Gasteiger partial charge in [-0.25, -0.2) is 0 Å². The molecule has 1 aromatic heterocycles. The van der Waals surface area contributed by atoms with Crippen molar-refractivity contribution in [2.45, 2.75) is 6.42 Å². The first-order valence-electron chi connectivity index (χ1n) is 7.32. The van der Waals surface area contributed by atoms with E-state index < -0.39 is 0 Å². The Morgan fingerprint density at radius 1 is 1.00 bits per heavy atom. The lowest BCUT2D eigenvalue weighted by Gasteiger charge is -2.10. The van der Waals surface area contributed by atoms with E-state index in [4.69, 9.17) is 0 Å².